The number of benzene rings is 2. The monoisotopic (exact) mass is 371 g/mol. The van der Waals surface area contributed by atoms with Gasteiger partial charge in [0.1, 0.15) is 5.75 Å². The van der Waals surface area contributed by atoms with Gasteiger partial charge in [-0.2, -0.15) is 0 Å². The molecule has 6 heteroatoms. The maximum absolute atomic E-state index is 5.39. The van der Waals surface area contributed by atoms with E-state index in [0.29, 0.717) is 11.7 Å². The summed E-state index contributed by atoms with van der Waals surface area (Å²) in [5.41, 5.74) is 3.44. The average Bonchev–Trinajstić information content (AvgIpc) is 2.69. The lowest BCUT2D eigenvalue weighted by atomic mass is 10.2. The molecule has 2 N–H and O–H groups in total. The fraction of sp³-hybridized carbons (Fsp3) is 0.350. The Morgan fingerprint density at radius 2 is 1.69 bits per heavy atom. The van der Waals surface area contributed by atoms with Gasteiger partial charge in [-0.25, -0.2) is 0 Å². The molecule has 1 fully saturated rings. The molecule has 0 bridgehead atoms. The van der Waals surface area contributed by atoms with E-state index in [1.165, 1.54) is 5.56 Å². The van der Waals surface area contributed by atoms with Crippen LogP contribution in [0.4, 0.5) is 5.69 Å². The van der Waals surface area contributed by atoms with E-state index in [1.807, 2.05) is 24.3 Å². The minimum atomic E-state index is 0.613. The number of anilines is 1. The van der Waals surface area contributed by atoms with Crippen molar-refractivity contribution >= 4 is 23.0 Å². The van der Waals surface area contributed by atoms with Crippen molar-refractivity contribution in [3.05, 3.63) is 59.7 Å². The van der Waals surface area contributed by atoms with Gasteiger partial charge in [0, 0.05) is 31.9 Å². The van der Waals surface area contributed by atoms with Crippen molar-refractivity contribution < 1.29 is 9.47 Å². The molecule has 0 aromatic heterocycles. The number of nitrogens with one attached hydrogen (secondary N) is 2. The van der Waals surface area contributed by atoms with Crippen LogP contribution < -0.4 is 15.4 Å². The summed E-state index contributed by atoms with van der Waals surface area (Å²) in [4.78, 5) is 2.41. The molecule has 0 amide bonds. The molecule has 0 aliphatic carbocycles. The first kappa shape index (κ1) is 18.6. The summed E-state index contributed by atoms with van der Waals surface area (Å²) >= 11 is 5.38. The summed E-state index contributed by atoms with van der Waals surface area (Å²) in [5, 5.41) is 7.06. The molecule has 1 aliphatic heterocycles. The standard InChI is InChI=1S/C20H25N3O2S/c1-24-19-8-4-16(5-9-19)14-21-20(26)22-18-6-2-17(3-7-18)15-23-10-12-25-13-11-23/h2-9H,10-15H2,1H3,(H2,21,22,26). The number of nitrogens with zero attached hydrogens (tertiary/aromatic N) is 1. The van der Waals surface area contributed by atoms with E-state index in [1.54, 1.807) is 7.11 Å². The number of ether oxygens (including phenoxy) is 2. The van der Waals surface area contributed by atoms with Crippen molar-refractivity contribution in [2.24, 2.45) is 0 Å². The lowest BCUT2D eigenvalue weighted by molar-refractivity contribution is 0.0342. The Kier molecular flexibility index (Phi) is 6.82. The number of thiocarbonyl (C=S) groups is 1. The molecular weight excluding hydrogens is 346 g/mol. The maximum Gasteiger partial charge on any atom is 0.171 e. The second-order valence-corrected chi connectivity index (χ2v) is 6.65. The molecule has 26 heavy (non-hydrogen) atoms. The third kappa shape index (κ3) is 5.69. The van der Waals surface area contributed by atoms with Gasteiger partial charge in [0.05, 0.1) is 20.3 Å². The normalized spacial score (nSPS) is 14.7. The van der Waals surface area contributed by atoms with E-state index in [2.05, 4.69) is 39.8 Å². The average molecular weight is 372 g/mol. The number of rotatable bonds is 6. The van der Waals surface area contributed by atoms with E-state index in [0.717, 1.165) is 49.8 Å². The zero-order valence-electron chi connectivity index (χ0n) is 15.0. The highest BCUT2D eigenvalue weighted by molar-refractivity contribution is 7.80. The predicted molar refractivity (Wildman–Crippen MR) is 109 cm³/mol. The molecule has 0 atom stereocenters. The van der Waals surface area contributed by atoms with Gasteiger partial charge < -0.3 is 20.1 Å². The van der Waals surface area contributed by atoms with Gasteiger partial charge in [-0.1, -0.05) is 24.3 Å². The second-order valence-electron chi connectivity index (χ2n) is 6.24. The SMILES string of the molecule is COc1ccc(CNC(=S)Nc2ccc(CN3CCOCC3)cc2)cc1. The van der Waals surface area contributed by atoms with Crippen LogP contribution in [0.1, 0.15) is 11.1 Å². The van der Waals surface area contributed by atoms with E-state index in [-0.39, 0.29) is 0 Å². The largest absolute Gasteiger partial charge is 0.497 e. The van der Waals surface area contributed by atoms with Gasteiger partial charge in [-0.3, -0.25) is 4.90 Å². The van der Waals surface area contributed by atoms with Crippen molar-refractivity contribution in [3.8, 4) is 5.75 Å². The Labute approximate surface area is 160 Å². The second kappa shape index (κ2) is 9.52. The molecule has 1 saturated heterocycles. The molecule has 2 aromatic rings. The molecule has 0 saturated carbocycles. The molecular formula is C20H25N3O2S. The minimum Gasteiger partial charge on any atom is -0.497 e. The summed E-state index contributed by atoms with van der Waals surface area (Å²) in [6.07, 6.45) is 0. The lowest BCUT2D eigenvalue weighted by Crippen LogP contribution is -2.35. The Hall–Kier alpha value is -2.15. The van der Waals surface area contributed by atoms with E-state index in [4.69, 9.17) is 21.7 Å². The Morgan fingerprint density at radius 1 is 1.04 bits per heavy atom. The molecule has 0 unspecified atom stereocenters. The molecule has 2 aromatic carbocycles. The number of morpholine rings is 1. The van der Waals surface area contributed by atoms with Gasteiger partial charge in [0.2, 0.25) is 0 Å². The summed E-state index contributed by atoms with van der Waals surface area (Å²) in [6, 6.07) is 16.4. The van der Waals surface area contributed by atoms with Gasteiger partial charge in [-0.05, 0) is 47.6 Å². The van der Waals surface area contributed by atoms with Crippen LogP contribution in [0, 0.1) is 0 Å². The summed E-state index contributed by atoms with van der Waals surface area (Å²) in [6.45, 7) is 5.29. The number of hydrogen-bond acceptors (Lipinski definition) is 4. The fourth-order valence-electron chi connectivity index (χ4n) is 2.81. The minimum absolute atomic E-state index is 0.613. The first-order valence-electron chi connectivity index (χ1n) is 8.80. The number of hydrogen-bond donors (Lipinski definition) is 2. The van der Waals surface area contributed by atoms with Crippen LogP contribution in [-0.2, 0) is 17.8 Å². The van der Waals surface area contributed by atoms with Gasteiger partial charge in [-0.15, -0.1) is 0 Å². The first-order valence-corrected chi connectivity index (χ1v) is 9.20. The molecule has 138 valence electrons. The highest BCUT2D eigenvalue weighted by Crippen LogP contribution is 2.13. The first-order chi connectivity index (χ1) is 12.7. The lowest BCUT2D eigenvalue weighted by Gasteiger charge is -2.26. The smallest absolute Gasteiger partial charge is 0.171 e. The third-order valence-electron chi connectivity index (χ3n) is 4.33. The molecule has 0 radical (unpaired) electrons. The van der Waals surface area contributed by atoms with Crippen LogP contribution in [0.3, 0.4) is 0 Å². The topological polar surface area (TPSA) is 45.8 Å². The zero-order chi connectivity index (χ0) is 18.2. The van der Waals surface area contributed by atoms with E-state index >= 15 is 0 Å². The van der Waals surface area contributed by atoms with Crippen LogP contribution in [0.2, 0.25) is 0 Å². The van der Waals surface area contributed by atoms with Crippen LogP contribution in [-0.4, -0.2) is 43.4 Å². The molecule has 3 rings (SSSR count). The van der Waals surface area contributed by atoms with Crippen molar-refractivity contribution in [2.75, 3.05) is 38.7 Å². The predicted octanol–water partition coefficient (Wildman–Crippen LogP) is 3.01. The van der Waals surface area contributed by atoms with Gasteiger partial charge in [0.25, 0.3) is 0 Å². The number of methoxy groups -OCH3 is 1. The third-order valence-corrected chi connectivity index (χ3v) is 4.58. The molecule has 1 aliphatic rings. The van der Waals surface area contributed by atoms with Crippen molar-refractivity contribution in [1.82, 2.24) is 10.2 Å². The van der Waals surface area contributed by atoms with Gasteiger partial charge in [0.15, 0.2) is 5.11 Å². The molecule has 0 spiro atoms. The summed E-state index contributed by atoms with van der Waals surface area (Å²) in [7, 11) is 1.67. The summed E-state index contributed by atoms with van der Waals surface area (Å²) in [5.74, 6) is 0.853. The Balaban J connectivity index is 1.44. The molecule has 1 heterocycles. The fourth-order valence-corrected chi connectivity index (χ4v) is 3.00. The van der Waals surface area contributed by atoms with Gasteiger partial charge >= 0.3 is 0 Å². The highest BCUT2D eigenvalue weighted by atomic mass is 32.1. The van der Waals surface area contributed by atoms with Crippen LogP contribution in [0.15, 0.2) is 48.5 Å². The zero-order valence-corrected chi connectivity index (χ0v) is 15.8. The highest BCUT2D eigenvalue weighted by Gasteiger charge is 2.10. The quantitative estimate of drug-likeness (QED) is 0.761. The maximum atomic E-state index is 5.39. The van der Waals surface area contributed by atoms with Crippen molar-refractivity contribution in [3.63, 3.8) is 0 Å². The Bertz CT molecular complexity index is 698. The van der Waals surface area contributed by atoms with Crippen LogP contribution in [0.5, 0.6) is 5.75 Å². The molecule has 5 nitrogen and oxygen atoms in total. The Morgan fingerprint density at radius 3 is 2.35 bits per heavy atom. The summed E-state index contributed by atoms with van der Waals surface area (Å²) < 4.78 is 10.6. The van der Waals surface area contributed by atoms with E-state index in [9.17, 15) is 0 Å². The van der Waals surface area contributed by atoms with Crippen LogP contribution in [0.25, 0.3) is 0 Å². The van der Waals surface area contributed by atoms with Crippen LogP contribution >= 0.6 is 12.2 Å². The van der Waals surface area contributed by atoms with Crippen molar-refractivity contribution in [1.29, 1.82) is 0 Å². The van der Waals surface area contributed by atoms with Crippen molar-refractivity contribution in [2.45, 2.75) is 13.1 Å². The van der Waals surface area contributed by atoms with E-state index < -0.39 is 0 Å².